The molecule has 0 bridgehead atoms. The van der Waals surface area contributed by atoms with Gasteiger partial charge in [0.2, 0.25) is 40.8 Å². The predicted molar refractivity (Wildman–Crippen MR) is 204 cm³/mol. The molecule has 1 amide bonds. The molecule has 0 unspecified atom stereocenters. The highest BCUT2D eigenvalue weighted by Crippen LogP contribution is 2.45. The summed E-state index contributed by atoms with van der Waals surface area (Å²) in [5.41, 5.74) is 11.6. The molecule has 11 nitrogen and oxygen atoms in total. The Morgan fingerprint density at radius 1 is 0.897 bits per heavy atom. The van der Waals surface area contributed by atoms with E-state index in [-0.39, 0.29) is 36.8 Å². The summed E-state index contributed by atoms with van der Waals surface area (Å²) >= 11 is 0. The molecule has 2 aliphatic rings. The third-order valence-electron chi connectivity index (χ3n) is 10.4. The first-order valence-electron chi connectivity index (χ1n) is 18.3. The van der Waals surface area contributed by atoms with Crippen molar-refractivity contribution >= 4 is 28.0 Å². The largest absolute Gasteiger partial charge is 0.487 e. The average Bonchev–Trinajstić information content (AvgIpc) is 3.50. The van der Waals surface area contributed by atoms with E-state index in [9.17, 15) is 40.0 Å². The first-order chi connectivity index (χ1) is 27.3. The molecule has 0 aromatic heterocycles. The number of rotatable bonds is 11. The van der Waals surface area contributed by atoms with Gasteiger partial charge in [-0.1, -0.05) is 48.5 Å². The monoisotopic (exact) mass is 828 g/mol. The summed E-state index contributed by atoms with van der Waals surface area (Å²) in [7, 11) is -4.26. The SMILES string of the molecule is Cc1c(C)c(S(=O)(=O)NC(N)=NCCC[C@@H](NC(=O)OCC2c3ccccc3-c3ccccc32)C(=O)Oc2c(F)c(F)c(F)c(F)c2F)c(C)c2c1OC(C)(C)CC2. The van der Waals surface area contributed by atoms with E-state index in [4.69, 9.17) is 15.2 Å². The minimum atomic E-state index is -4.26. The Labute approximate surface area is 331 Å². The summed E-state index contributed by atoms with van der Waals surface area (Å²) in [6, 6.07) is 13.2. The summed E-state index contributed by atoms with van der Waals surface area (Å²) in [6.45, 7) is 8.59. The van der Waals surface area contributed by atoms with E-state index in [2.05, 4.69) is 19.8 Å². The highest BCUT2D eigenvalue weighted by Gasteiger charge is 2.35. The highest BCUT2D eigenvalue weighted by molar-refractivity contribution is 7.90. The van der Waals surface area contributed by atoms with Gasteiger partial charge in [-0.3, -0.25) is 4.99 Å². The Morgan fingerprint density at radius 2 is 1.47 bits per heavy atom. The number of hydrogen-bond acceptors (Lipinski definition) is 8. The van der Waals surface area contributed by atoms with Gasteiger partial charge < -0.3 is 25.3 Å². The molecule has 4 aromatic rings. The number of nitrogens with zero attached hydrogens (tertiary/aromatic N) is 1. The number of esters is 1. The number of hydrogen-bond donors (Lipinski definition) is 3. The van der Waals surface area contributed by atoms with Crippen LogP contribution in [-0.2, 0) is 26.0 Å². The standard InChI is InChI=1S/C41H41F5N4O7S/c1-20-21(2)37(22(3)23-16-17-41(4,5)57-35(20)23)58(53,54)50-39(47)48-18-10-15-29(38(51)56-36-33(45)31(43)30(42)32(44)34(36)46)49-40(52)55-19-28-26-13-8-6-11-24(26)25-12-7-9-14-27(25)28/h6-9,11-14,28-29H,10,15-19H2,1-5H3,(H,49,52)(H3,47,48,50)/t29-/m1/s1. The van der Waals surface area contributed by atoms with Crippen molar-refractivity contribution in [3.63, 3.8) is 0 Å². The molecule has 4 N–H and O–H groups in total. The highest BCUT2D eigenvalue weighted by atomic mass is 32.2. The van der Waals surface area contributed by atoms with Crippen molar-refractivity contribution in [3.8, 4) is 22.6 Å². The lowest BCUT2D eigenvalue weighted by Crippen LogP contribution is -2.44. The van der Waals surface area contributed by atoms with Crippen LogP contribution in [0.1, 0.15) is 72.4 Å². The molecule has 0 saturated carbocycles. The summed E-state index contributed by atoms with van der Waals surface area (Å²) < 4.78 is 116. The molecule has 6 rings (SSSR count). The van der Waals surface area contributed by atoms with Crippen LogP contribution in [-0.4, -0.2) is 51.2 Å². The molecular formula is C41H41F5N4O7S. The Hall–Kier alpha value is -5.71. The summed E-state index contributed by atoms with van der Waals surface area (Å²) in [5, 5.41) is 2.24. The maximum atomic E-state index is 14.5. The van der Waals surface area contributed by atoms with Gasteiger partial charge in [0.05, 0.1) is 4.90 Å². The molecule has 0 spiro atoms. The van der Waals surface area contributed by atoms with Gasteiger partial charge in [-0.25, -0.2) is 35.9 Å². The minimum Gasteiger partial charge on any atom is -0.487 e. The zero-order valence-corrected chi connectivity index (χ0v) is 33.0. The van der Waals surface area contributed by atoms with Crippen LogP contribution in [0.3, 0.4) is 0 Å². The first-order valence-corrected chi connectivity index (χ1v) is 19.8. The summed E-state index contributed by atoms with van der Waals surface area (Å²) in [5.74, 6) is -15.6. The van der Waals surface area contributed by atoms with Crippen LogP contribution in [0, 0.1) is 49.9 Å². The smallest absolute Gasteiger partial charge is 0.407 e. The third-order valence-corrected chi connectivity index (χ3v) is 12.0. The zero-order chi connectivity index (χ0) is 42.3. The second-order valence-electron chi connectivity index (χ2n) is 14.7. The van der Waals surface area contributed by atoms with E-state index in [1.807, 2.05) is 62.4 Å². The molecule has 4 aromatic carbocycles. The lowest BCUT2D eigenvalue weighted by atomic mass is 9.88. The zero-order valence-electron chi connectivity index (χ0n) is 32.2. The van der Waals surface area contributed by atoms with E-state index < -0.39 is 74.5 Å². The molecule has 0 radical (unpaired) electrons. The average molecular weight is 829 g/mol. The maximum Gasteiger partial charge on any atom is 0.407 e. The van der Waals surface area contributed by atoms with Crippen LogP contribution in [0.4, 0.5) is 26.7 Å². The number of guanidine groups is 1. The van der Waals surface area contributed by atoms with E-state index >= 15 is 0 Å². The quantitative estimate of drug-likeness (QED) is 0.0208. The van der Waals surface area contributed by atoms with Crippen LogP contribution in [0.15, 0.2) is 58.4 Å². The molecule has 308 valence electrons. The van der Waals surface area contributed by atoms with Gasteiger partial charge in [-0.15, -0.1) is 0 Å². The number of alkyl carbamates (subject to hydrolysis) is 1. The molecule has 1 aliphatic carbocycles. The number of carbonyl (C=O) groups excluding carboxylic acids is 2. The molecule has 0 saturated heterocycles. The number of amides is 1. The van der Waals surface area contributed by atoms with E-state index in [1.165, 1.54) is 0 Å². The fraction of sp³-hybridized carbons (Fsp3) is 0.341. The summed E-state index contributed by atoms with van der Waals surface area (Å²) in [6.07, 6.45) is -0.407. The molecule has 1 heterocycles. The van der Waals surface area contributed by atoms with Gasteiger partial charge in [0.1, 0.15) is 24.0 Å². The lowest BCUT2D eigenvalue weighted by Gasteiger charge is -2.35. The first kappa shape index (κ1) is 41.9. The molecule has 1 aliphatic heterocycles. The normalized spacial score (nSPS) is 15.1. The van der Waals surface area contributed by atoms with Crippen molar-refractivity contribution in [1.82, 2.24) is 10.0 Å². The van der Waals surface area contributed by atoms with Crippen molar-refractivity contribution in [2.75, 3.05) is 13.2 Å². The number of nitrogens with one attached hydrogen (secondary N) is 2. The molecule has 1 atom stereocenters. The maximum absolute atomic E-state index is 14.5. The van der Waals surface area contributed by atoms with Crippen molar-refractivity contribution in [3.05, 3.63) is 111 Å². The Kier molecular flexibility index (Phi) is 11.8. The molecule has 0 fully saturated rings. The topological polar surface area (TPSA) is 158 Å². The number of nitrogens with two attached hydrogens (primary N) is 1. The number of ether oxygens (including phenoxy) is 3. The Bertz CT molecular complexity index is 2390. The Balaban J connectivity index is 1.16. The number of sulfonamides is 1. The fourth-order valence-electron chi connectivity index (χ4n) is 7.34. The van der Waals surface area contributed by atoms with Crippen LogP contribution in [0.25, 0.3) is 11.1 Å². The van der Waals surface area contributed by atoms with Crippen LogP contribution in [0.5, 0.6) is 11.5 Å². The van der Waals surface area contributed by atoms with E-state index in [0.717, 1.165) is 27.8 Å². The van der Waals surface area contributed by atoms with Crippen molar-refractivity contribution in [2.24, 2.45) is 10.7 Å². The van der Waals surface area contributed by atoms with Gasteiger partial charge in [0, 0.05) is 12.5 Å². The second kappa shape index (κ2) is 16.3. The van der Waals surface area contributed by atoms with E-state index in [1.54, 1.807) is 20.8 Å². The lowest BCUT2D eigenvalue weighted by molar-refractivity contribution is -0.137. The Morgan fingerprint density at radius 3 is 2.07 bits per heavy atom. The molecular weight excluding hydrogens is 788 g/mol. The van der Waals surface area contributed by atoms with Gasteiger partial charge in [0.15, 0.2) is 0 Å². The second-order valence-corrected chi connectivity index (χ2v) is 16.4. The number of carbonyl (C=O) groups is 2. The van der Waals surface area contributed by atoms with Crippen molar-refractivity contribution < 1.29 is 54.2 Å². The van der Waals surface area contributed by atoms with Gasteiger partial charge in [-0.05, 0) is 105 Å². The van der Waals surface area contributed by atoms with Gasteiger partial charge in [-0.2, -0.15) is 8.78 Å². The predicted octanol–water partition coefficient (Wildman–Crippen LogP) is 7.30. The number of fused-ring (bicyclic) bond motifs is 4. The number of aliphatic imine (C=N–C) groups is 1. The third kappa shape index (κ3) is 8.17. The molecule has 17 heteroatoms. The summed E-state index contributed by atoms with van der Waals surface area (Å²) in [4.78, 5) is 30.4. The number of halogens is 5. The minimum absolute atomic E-state index is 0.0217. The fourth-order valence-corrected chi connectivity index (χ4v) is 8.87. The van der Waals surface area contributed by atoms with Crippen LogP contribution in [0.2, 0.25) is 0 Å². The van der Waals surface area contributed by atoms with Crippen molar-refractivity contribution in [1.29, 1.82) is 0 Å². The molecule has 58 heavy (non-hydrogen) atoms. The van der Waals surface area contributed by atoms with Crippen molar-refractivity contribution in [2.45, 2.75) is 82.8 Å². The van der Waals surface area contributed by atoms with E-state index in [0.29, 0.717) is 35.3 Å². The number of benzene rings is 4. The van der Waals surface area contributed by atoms with Gasteiger partial charge >= 0.3 is 12.1 Å². The van der Waals surface area contributed by atoms with Crippen LogP contribution < -0.4 is 25.2 Å². The van der Waals surface area contributed by atoms with Gasteiger partial charge in [0.25, 0.3) is 10.0 Å². The van der Waals surface area contributed by atoms with Crippen LogP contribution >= 0.6 is 0 Å².